The standard InChI is InChI=1S/C21H21ClN4O2S/c1-3-15-9-16-18(29-15)10-17-21(28)25(24-19(4-2)26(16)17)12-20(27)23-11-13-5-7-14(22)8-6-13/h5-10H,3-4,11-12H2,1-2H3,(H,23,27). The highest BCUT2D eigenvalue weighted by atomic mass is 35.5. The van der Waals surface area contributed by atoms with Crippen molar-refractivity contribution in [3.05, 3.63) is 68.0 Å². The molecule has 0 radical (unpaired) electrons. The van der Waals surface area contributed by atoms with E-state index in [0.29, 0.717) is 23.5 Å². The first-order valence-corrected chi connectivity index (χ1v) is 10.7. The third-order valence-corrected chi connectivity index (χ3v) is 6.32. The van der Waals surface area contributed by atoms with Gasteiger partial charge in [-0.15, -0.1) is 11.3 Å². The van der Waals surface area contributed by atoms with Crippen LogP contribution in [0.1, 0.15) is 30.1 Å². The number of thiophene rings is 1. The van der Waals surface area contributed by atoms with E-state index < -0.39 is 0 Å². The number of halogens is 1. The van der Waals surface area contributed by atoms with E-state index in [1.165, 1.54) is 9.56 Å². The third-order valence-electron chi connectivity index (χ3n) is 4.85. The molecule has 0 aliphatic carbocycles. The number of amides is 1. The minimum Gasteiger partial charge on any atom is -0.350 e. The lowest BCUT2D eigenvalue weighted by Gasteiger charge is -2.10. The fraction of sp³-hybridized carbons (Fsp3) is 0.286. The Balaban J connectivity index is 1.61. The molecular formula is C21H21ClN4O2S. The fourth-order valence-corrected chi connectivity index (χ4v) is 4.49. The lowest BCUT2D eigenvalue weighted by atomic mass is 10.2. The Morgan fingerprint density at radius 2 is 1.90 bits per heavy atom. The minimum atomic E-state index is -0.261. The maximum Gasteiger partial charge on any atom is 0.291 e. The van der Waals surface area contributed by atoms with Crippen molar-refractivity contribution in [2.24, 2.45) is 0 Å². The van der Waals surface area contributed by atoms with Gasteiger partial charge in [-0.1, -0.05) is 37.6 Å². The Bertz CT molecular complexity index is 1250. The van der Waals surface area contributed by atoms with E-state index in [9.17, 15) is 9.59 Å². The van der Waals surface area contributed by atoms with Gasteiger partial charge in [-0.2, -0.15) is 5.10 Å². The molecule has 1 N–H and O–H groups in total. The predicted octanol–water partition coefficient (Wildman–Crippen LogP) is 3.81. The van der Waals surface area contributed by atoms with Crippen molar-refractivity contribution < 1.29 is 4.79 Å². The molecule has 6 nitrogen and oxygen atoms in total. The monoisotopic (exact) mass is 428 g/mol. The van der Waals surface area contributed by atoms with Crippen LogP contribution in [0.5, 0.6) is 0 Å². The number of rotatable bonds is 6. The molecule has 0 atom stereocenters. The molecule has 150 valence electrons. The second kappa shape index (κ2) is 8.00. The van der Waals surface area contributed by atoms with Crippen molar-refractivity contribution in [1.29, 1.82) is 0 Å². The highest BCUT2D eigenvalue weighted by Gasteiger charge is 2.17. The molecule has 1 amide bonds. The summed E-state index contributed by atoms with van der Waals surface area (Å²) >= 11 is 7.57. The number of carbonyl (C=O) groups is 1. The summed E-state index contributed by atoms with van der Waals surface area (Å²) in [6, 6.07) is 11.3. The number of nitrogens with one attached hydrogen (secondary N) is 1. The average Bonchev–Trinajstić information content (AvgIpc) is 3.28. The van der Waals surface area contributed by atoms with Crippen molar-refractivity contribution in [3.63, 3.8) is 0 Å². The summed E-state index contributed by atoms with van der Waals surface area (Å²) in [5, 5.41) is 7.95. The molecule has 4 aromatic rings. The largest absolute Gasteiger partial charge is 0.350 e. The van der Waals surface area contributed by atoms with Crippen LogP contribution in [0, 0.1) is 0 Å². The molecule has 3 aromatic heterocycles. The number of benzene rings is 1. The SMILES string of the molecule is CCc1cc2c(cc3c(=O)n(CC(=O)NCc4ccc(Cl)cc4)nc(CC)n32)s1. The average molecular weight is 429 g/mol. The normalized spacial score (nSPS) is 11.4. The first kappa shape index (κ1) is 19.7. The Hall–Kier alpha value is -2.64. The van der Waals surface area contributed by atoms with Crippen molar-refractivity contribution in [3.8, 4) is 0 Å². The van der Waals surface area contributed by atoms with E-state index in [4.69, 9.17) is 11.6 Å². The molecule has 0 aliphatic heterocycles. The maximum absolute atomic E-state index is 13.0. The summed E-state index contributed by atoms with van der Waals surface area (Å²) in [4.78, 5) is 26.6. The van der Waals surface area contributed by atoms with Crippen molar-refractivity contribution in [2.45, 2.75) is 39.8 Å². The second-order valence-corrected chi connectivity index (χ2v) is 8.42. The van der Waals surface area contributed by atoms with Gasteiger partial charge in [-0.3, -0.25) is 14.0 Å². The highest BCUT2D eigenvalue weighted by molar-refractivity contribution is 7.19. The summed E-state index contributed by atoms with van der Waals surface area (Å²) in [6.45, 7) is 4.37. The number of hydrogen-bond donors (Lipinski definition) is 1. The quantitative estimate of drug-likeness (QED) is 0.507. The minimum absolute atomic E-state index is 0.116. The number of fused-ring (bicyclic) bond motifs is 3. The zero-order valence-corrected chi connectivity index (χ0v) is 17.8. The number of aromatic nitrogens is 3. The first-order valence-electron chi connectivity index (χ1n) is 9.55. The molecular weight excluding hydrogens is 408 g/mol. The lowest BCUT2D eigenvalue weighted by Crippen LogP contribution is -2.35. The van der Waals surface area contributed by atoms with E-state index >= 15 is 0 Å². The summed E-state index contributed by atoms with van der Waals surface area (Å²) in [6.07, 6.45) is 1.62. The Kier molecular flexibility index (Phi) is 5.43. The molecule has 1 aromatic carbocycles. The zero-order valence-electron chi connectivity index (χ0n) is 16.2. The highest BCUT2D eigenvalue weighted by Crippen LogP contribution is 2.29. The van der Waals surface area contributed by atoms with E-state index in [0.717, 1.165) is 28.0 Å². The van der Waals surface area contributed by atoms with Gasteiger partial charge in [0.05, 0.1) is 10.2 Å². The topological polar surface area (TPSA) is 68.4 Å². The molecule has 0 unspecified atom stereocenters. The molecule has 0 bridgehead atoms. The van der Waals surface area contributed by atoms with Gasteiger partial charge in [0.25, 0.3) is 5.56 Å². The number of aryl methyl sites for hydroxylation is 2. The van der Waals surface area contributed by atoms with Crippen LogP contribution in [0.15, 0.2) is 41.2 Å². The summed E-state index contributed by atoms with van der Waals surface area (Å²) in [5.74, 6) is 0.503. The van der Waals surface area contributed by atoms with Crippen LogP contribution < -0.4 is 10.9 Å². The van der Waals surface area contributed by atoms with Gasteiger partial charge in [0.15, 0.2) is 0 Å². The lowest BCUT2D eigenvalue weighted by molar-refractivity contribution is -0.122. The maximum atomic E-state index is 13.0. The summed E-state index contributed by atoms with van der Waals surface area (Å²) in [5.41, 5.74) is 2.26. The molecule has 8 heteroatoms. The van der Waals surface area contributed by atoms with Crippen LogP contribution >= 0.6 is 22.9 Å². The Labute approximate surface area is 176 Å². The number of carbonyl (C=O) groups excluding carboxylic acids is 1. The molecule has 0 saturated heterocycles. The molecule has 3 heterocycles. The number of nitrogens with zero attached hydrogens (tertiary/aromatic N) is 3. The van der Waals surface area contributed by atoms with Gasteiger partial charge in [0, 0.05) is 22.9 Å². The predicted molar refractivity (Wildman–Crippen MR) is 117 cm³/mol. The van der Waals surface area contributed by atoms with Crippen molar-refractivity contribution in [2.75, 3.05) is 0 Å². The summed E-state index contributed by atoms with van der Waals surface area (Å²) in [7, 11) is 0. The Morgan fingerprint density at radius 3 is 2.59 bits per heavy atom. The summed E-state index contributed by atoms with van der Waals surface area (Å²) < 4.78 is 4.26. The van der Waals surface area contributed by atoms with Crippen LogP contribution in [0.2, 0.25) is 5.02 Å². The van der Waals surface area contributed by atoms with Crippen LogP contribution in [0.4, 0.5) is 0 Å². The first-order chi connectivity index (χ1) is 14.0. The van der Waals surface area contributed by atoms with Crippen LogP contribution in [-0.2, 0) is 30.7 Å². The van der Waals surface area contributed by atoms with E-state index in [-0.39, 0.29) is 18.0 Å². The van der Waals surface area contributed by atoms with Gasteiger partial charge in [-0.25, -0.2) is 4.68 Å². The molecule has 0 aliphatic rings. The van der Waals surface area contributed by atoms with Crippen LogP contribution in [0.25, 0.3) is 15.7 Å². The second-order valence-electron chi connectivity index (χ2n) is 6.82. The van der Waals surface area contributed by atoms with Crippen molar-refractivity contribution >= 4 is 44.6 Å². The van der Waals surface area contributed by atoms with Crippen LogP contribution in [-0.4, -0.2) is 20.1 Å². The van der Waals surface area contributed by atoms with Gasteiger partial charge in [0.2, 0.25) is 5.91 Å². The zero-order chi connectivity index (χ0) is 20.5. The van der Waals surface area contributed by atoms with Gasteiger partial charge >= 0.3 is 0 Å². The third kappa shape index (κ3) is 3.80. The fourth-order valence-electron chi connectivity index (χ4n) is 3.35. The van der Waals surface area contributed by atoms with Crippen molar-refractivity contribution in [1.82, 2.24) is 19.5 Å². The molecule has 0 saturated carbocycles. The molecule has 0 fully saturated rings. The van der Waals surface area contributed by atoms with Crippen LogP contribution in [0.3, 0.4) is 0 Å². The molecule has 4 rings (SSSR count). The molecule has 0 spiro atoms. The van der Waals surface area contributed by atoms with Gasteiger partial charge in [-0.05, 0) is 36.2 Å². The smallest absolute Gasteiger partial charge is 0.291 e. The van der Waals surface area contributed by atoms with E-state index in [2.05, 4.69) is 23.4 Å². The van der Waals surface area contributed by atoms with E-state index in [1.807, 2.05) is 29.5 Å². The van der Waals surface area contributed by atoms with E-state index in [1.54, 1.807) is 23.5 Å². The van der Waals surface area contributed by atoms with Gasteiger partial charge in [0.1, 0.15) is 17.9 Å². The Morgan fingerprint density at radius 1 is 1.14 bits per heavy atom. The number of hydrogen-bond acceptors (Lipinski definition) is 4. The molecule has 29 heavy (non-hydrogen) atoms. The van der Waals surface area contributed by atoms with Gasteiger partial charge < -0.3 is 5.32 Å².